The number of halogens is 3. The van der Waals surface area contributed by atoms with Crippen LogP contribution >= 0.6 is 0 Å². The van der Waals surface area contributed by atoms with Crippen LogP contribution in [-0.2, 0) is 0 Å². The Balaban J connectivity index is 2.61. The standard InChI is InChI=1S/C15H13F3N3O/c1-21(2)10-7-8-13(20-19)12(9-10)11-5-3-4-6-14(11)22-15(16,17)18/h3-9H,1-2H3/q+1. The maximum atomic E-state index is 12.5. The minimum Gasteiger partial charge on any atom is -0.405 e. The molecule has 0 amide bonds. The lowest BCUT2D eigenvalue weighted by atomic mass is 10.0. The zero-order valence-electron chi connectivity index (χ0n) is 11.9. The second kappa shape index (κ2) is 5.93. The normalized spacial score (nSPS) is 10.9. The van der Waals surface area contributed by atoms with Crippen molar-refractivity contribution in [3.8, 4) is 16.9 Å². The van der Waals surface area contributed by atoms with E-state index in [1.165, 1.54) is 24.3 Å². The van der Waals surface area contributed by atoms with E-state index >= 15 is 0 Å². The van der Waals surface area contributed by atoms with E-state index in [2.05, 4.69) is 9.71 Å². The summed E-state index contributed by atoms with van der Waals surface area (Å²) < 4.78 is 41.6. The number of rotatable bonds is 3. The lowest BCUT2D eigenvalue weighted by molar-refractivity contribution is -0.274. The summed E-state index contributed by atoms with van der Waals surface area (Å²) in [5.74, 6) is -0.351. The third kappa shape index (κ3) is 3.47. The molecule has 4 nitrogen and oxygen atoms in total. The quantitative estimate of drug-likeness (QED) is 0.764. The maximum Gasteiger partial charge on any atom is 0.573 e. The molecule has 2 aromatic rings. The summed E-state index contributed by atoms with van der Waals surface area (Å²) in [6, 6.07) is 10.6. The van der Waals surface area contributed by atoms with E-state index in [-0.39, 0.29) is 17.0 Å². The van der Waals surface area contributed by atoms with Crippen molar-refractivity contribution in [2.24, 2.45) is 0 Å². The lowest BCUT2D eigenvalue weighted by Crippen LogP contribution is -2.17. The highest BCUT2D eigenvalue weighted by Crippen LogP contribution is 2.40. The molecule has 0 saturated heterocycles. The summed E-state index contributed by atoms with van der Waals surface area (Å²) in [7, 11) is 3.60. The van der Waals surface area contributed by atoms with Crippen LogP contribution in [0.4, 0.5) is 24.5 Å². The van der Waals surface area contributed by atoms with Crippen molar-refractivity contribution >= 4 is 11.4 Å². The highest BCUT2D eigenvalue weighted by Gasteiger charge is 2.33. The third-order valence-corrected chi connectivity index (χ3v) is 3.01. The number of alkyl halides is 3. The zero-order chi connectivity index (χ0) is 16.3. The van der Waals surface area contributed by atoms with Gasteiger partial charge in [0.2, 0.25) is 5.39 Å². The minimum absolute atomic E-state index is 0.156. The van der Waals surface area contributed by atoms with Crippen molar-refractivity contribution in [1.29, 1.82) is 5.39 Å². The molecule has 0 atom stereocenters. The average molecular weight is 308 g/mol. The van der Waals surface area contributed by atoms with Crippen LogP contribution in [0.15, 0.2) is 42.5 Å². The number of benzene rings is 2. The summed E-state index contributed by atoms with van der Waals surface area (Å²) in [6.07, 6.45) is -4.80. The Morgan fingerprint density at radius 1 is 1.05 bits per heavy atom. The van der Waals surface area contributed by atoms with E-state index in [0.717, 1.165) is 5.69 Å². The fraction of sp³-hybridized carbons (Fsp3) is 0.200. The molecule has 0 spiro atoms. The molecule has 7 heteroatoms. The van der Waals surface area contributed by atoms with Crippen molar-refractivity contribution < 1.29 is 17.9 Å². The number of ether oxygens (including phenoxy) is 1. The van der Waals surface area contributed by atoms with Gasteiger partial charge in [-0.05, 0) is 18.2 Å². The smallest absolute Gasteiger partial charge is 0.405 e. The van der Waals surface area contributed by atoms with E-state index in [4.69, 9.17) is 5.39 Å². The van der Waals surface area contributed by atoms with Crippen LogP contribution in [0.5, 0.6) is 5.75 Å². The van der Waals surface area contributed by atoms with Gasteiger partial charge in [-0.3, -0.25) is 0 Å². The Hall–Kier alpha value is -2.75. The van der Waals surface area contributed by atoms with Crippen LogP contribution in [0.2, 0.25) is 0 Å². The van der Waals surface area contributed by atoms with Gasteiger partial charge in [0.25, 0.3) is 0 Å². The third-order valence-electron chi connectivity index (χ3n) is 3.01. The van der Waals surface area contributed by atoms with Gasteiger partial charge >= 0.3 is 12.0 Å². The first kappa shape index (κ1) is 15.6. The number of anilines is 1. The van der Waals surface area contributed by atoms with Gasteiger partial charge in [-0.1, -0.05) is 18.2 Å². The van der Waals surface area contributed by atoms with Gasteiger partial charge in [0.1, 0.15) is 5.75 Å². The van der Waals surface area contributed by atoms with E-state index in [1.807, 2.05) is 0 Å². The van der Waals surface area contributed by atoms with E-state index in [0.29, 0.717) is 5.56 Å². The van der Waals surface area contributed by atoms with Gasteiger partial charge in [-0.25, -0.2) is 0 Å². The first-order valence-electron chi connectivity index (χ1n) is 6.33. The summed E-state index contributed by atoms with van der Waals surface area (Å²) in [4.78, 5) is 4.92. The molecule has 114 valence electrons. The van der Waals surface area contributed by atoms with Gasteiger partial charge in [-0.2, -0.15) is 0 Å². The number of hydrogen-bond donors (Lipinski definition) is 0. The molecule has 0 heterocycles. The Labute approximate surface area is 125 Å². The molecule has 2 rings (SSSR count). The van der Waals surface area contributed by atoms with Crippen LogP contribution in [0, 0.1) is 5.39 Å². The summed E-state index contributed by atoms with van der Waals surface area (Å²) in [5, 5.41) is 9.08. The molecular formula is C15H13F3N3O+. The topological polar surface area (TPSA) is 40.6 Å². The Bertz CT molecular complexity index is 721. The highest BCUT2D eigenvalue weighted by molar-refractivity contribution is 5.84. The molecule has 2 aromatic carbocycles. The molecule has 0 aliphatic heterocycles. The van der Waals surface area contributed by atoms with Crippen molar-refractivity contribution in [2.45, 2.75) is 6.36 Å². The first-order valence-corrected chi connectivity index (χ1v) is 6.33. The van der Waals surface area contributed by atoms with Crippen LogP contribution < -0.4 is 9.64 Å². The maximum absolute atomic E-state index is 12.5. The van der Waals surface area contributed by atoms with E-state index < -0.39 is 6.36 Å². The van der Waals surface area contributed by atoms with Gasteiger partial charge < -0.3 is 9.64 Å². The SMILES string of the molecule is CN(C)c1ccc([N+]#N)c(-c2ccccc2OC(F)(F)F)c1. The molecule has 0 radical (unpaired) electrons. The van der Waals surface area contributed by atoms with Crippen molar-refractivity contribution in [1.82, 2.24) is 0 Å². The summed E-state index contributed by atoms with van der Waals surface area (Å²) >= 11 is 0. The lowest BCUT2D eigenvalue weighted by Gasteiger charge is -2.15. The van der Waals surface area contributed by atoms with E-state index in [9.17, 15) is 13.2 Å². The molecular weight excluding hydrogens is 295 g/mol. The molecule has 0 aliphatic rings. The average Bonchev–Trinajstić information content (AvgIpc) is 2.45. The highest BCUT2D eigenvalue weighted by atomic mass is 19.4. The summed E-state index contributed by atoms with van der Waals surface area (Å²) in [5.41, 5.74) is 1.44. The van der Waals surface area contributed by atoms with Gasteiger partial charge in [-0.15, -0.1) is 13.2 Å². The molecule has 0 aliphatic carbocycles. The number of hydrogen-bond acceptors (Lipinski definition) is 3. The van der Waals surface area contributed by atoms with Crippen molar-refractivity contribution in [2.75, 3.05) is 19.0 Å². The second-order valence-corrected chi connectivity index (χ2v) is 4.74. The van der Waals surface area contributed by atoms with E-state index in [1.54, 1.807) is 37.2 Å². The monoisotopic (exact) mass is 308 g/mol. The first-order chi connectivity index (χ1) is 10.3. The van der Waals surface area contributed by atoms with Crippen LogP contribution in [-0.4, -0.2) is 20.5 Å². The van der Waals surface area contributed by atoms with Gasteiger partial charge in [0.05, 0.1) is 5.56 Å². The fourth-order valence-electron chi connectivity index (χ4n) is 2.01. The predicted octanol–water partition coefficient (Wildman–Crippen LogP) is 4.80. The van der Waals surface area contributed by atoms with Crippen molar-refractivity contribution in [3.05, 3.63) is 47.4 Å². The summed E-state index contributed by atoms with van der Waals surface area (Å²) in [6.45, 7) is 0. The fourth-order valence-corrected chi connectivity index (χ4v) is 2.01. The molecule has 0 saturated carbocycles. The number of nitrogens with zero attached hydrogens (tertiary/aromatic N) is 3. The molecule has 22 heavy (non-hydrogen) atoms. The Morgan fingerprint density at radius 3 is 2.32 bits per heavy atom. The molecule has 0 unspecified atom stereocenters. The molecule has 0 aromatic heterocycles. The van der Waals surface area contributed by atoms with Crippen LogP contribution in [0.25, 0.3) is 16.1 Å². The van der Waals surface area contributed by atoms with Gasteiger partial charge in [0.15, 0.2) is 4.98 Å². The molecule has 0 bridgehead atoms. The Morgan fingerprint density at radius 2 is 1.73 bits per heavy atom. The zero-order valence-corrected chi connectivity index (χ0v) is 11.9. The van der Waals surface area contributed by atoms with Crippen LogP contribution in [0.3, 0.4) is 0 Å². The largest absolute Gasteiger partial charge is 0.573 e. The second-order valence-electron chi connectivity index (χ2n) is 4.74. The minimum atomic E-state index is -4.80. The Kier molecular flexibility index (Phi) is 4.22. The number of para-hydroxylation sites is 1. The molecule has 0 N–H and O–H groups in total. The molecule has 0 fully saturated rings. The van der Waals surface area contributed by atoms with Crippen molar-refractivity contribution in [3.63, 3.8) is 0 Å². The van der Waals surface area contributed by atoms with Crippen LogP contribution in [0.1, 0.15) is 0 Å². The predicted molar refractivity (Wildman–Crippen MR) is 77.6 cm³/mol. The number of diazo groups is 1. The van der Waals surface area contributed by atoms with Gasteiger partial charge in [0, 0.05) is 31.4 Å².